The normalized spacial score (nSPS) is 11.1. The van der Waals surface area contributed by atoms with Crippen LogP contribution in [-0.2, 0) is 6.54 Å². The maximum absolute atomic E-state index is 5.26. The van der Waals surface area contributed by atoms with Crippen molar-refractivity contribution >= 4 is 11.3 Å². The summed E-state index contributed by atoms with van der Waals surface area (Å²) in [6.07, 6.45) is 0. The van der Waals surface area contributed by atoms with Crippen LogP contribution in [0.15, 0.2) is 28.1 Å². The number of thiophene rings is 1. The van der Waals surface area contributed by atoms with Crippen molar-refractivity contribution in [1.82, 2.24) is 10.5 Å². The number of aromatic nitrogens is 1. The van der Waals surface area contributed by atoms with Gasteiger partial charge >= 0.3 is 0 Å². The van der Waals surface area contributed by atoms with E-state index in [2.05, 4.69) is 24.3 Å². The Hall–Kier alpha value is -1.13. The standard InChI is InChI=1S/C11H14N2OS/c1-8(2)12-7-9-6-10(14-13-9)11-4-3-5-15-11/h3-6,8,12H,7H2,1-2H3. The van der Waals surface area contributed by atoms with E-state index in [4.69, 9.17) is 4.52 Å². The van der Waals surface area contributed by atoms with Crippen LogP contribution >= 0.6 is 11.3 Å². The molecule has 2 aromatic rings. The Balaban J connectivity index is 2.04. The van der Waals surface area contributed by atoms with Gasteiger partial charge in [0.05, 0.1) is 10.6 Å². The van der Waals surface area contributed by atoms with Crippen molar-refractivity contribution in [3.63, 3.8) is 0 Å². The second-order valence-electron chi connectivity index (χ2n) is 3.70. The summed E-state index contributed by atoms with van der Waals surface area (Å²) in [4.78, 5) is 1.12. The zero-order valence-electron chi connectivity index (χ0n) is 8.86. The number of nitrogens with zero attached hydrogens (tertiary/aromatic N) is 1. The first-order valence-electron chi connectivity index (χ1n) is 4.98. The molecule has 2 rings (SSSR count). The molecule has 0 unspecified atom stereocenters. The zero-order valence-corrected chi connectivity index (χ0v) is 9.67. The van der Waals surface area contributed by atoms with Crippen LogP contribution in [0.2, 0.25) is 0 Å². The average Bonchev–Trinajstić information content (AvgIpc) is 2.85. The Morgan fingerprint density at radius 3 is 3.07 bits per heavy atom. The summed E-state index contributed by atoms with van der Waals surface area (Å²) >= 11 is 1.66. The molecule has 0 fully saturated rings. The van der Waals surface area contributed by atoms with E-state index in [1.54, 1.807) is 11.3 Å². The molecule has 3 nitrogen and oxygen atoms in total. The number of hydrogen-bond acceptors (Lipinski definition) is 4. The van der Waals surface area contributed by atoms with Crippen LogP contribution in [0.3, 0.4) is 0 Å². The fraction of sp³-hybridized carbons (Fsp3) is 0.364. The Morgan fingerprint density at radius 1 is 1.53 bits per heavy atom. The molecule has 0 atom stereocenters. The monoisotopic (exact) mass is 222 g/mol. The number of hydrogen-bond donors (Lipinski definition) is 1. The fourth-order valence-electron chi connectivity index (χ4n) is 1.24. The third-order valence-electron chi connectivity index (χ3n) is 2.01. The third-order valence-corrected chi connectivity index (χ3v) is 2.90. The van der Waals surface area contributed by atoms with Gasteiger partial charge in [-0.2, -0.15) is 0 Å². The first-order valence-corrected chi connectivity index (χ1v) is 5.86. The van der Waals surface area contributed by atoms with Crippen molar-refractivity contribution in [2.75, 3.05) is 0 Å². The fourth-order valence-corrected chi connectivity index (χ4v) is 1.91. The van der Waals surface area contributed by atoms with Crippen molar-refractivity contribution in [2.45, 2.75) is 26.4 Å². The van der Waals surface area contributed by atoms with E-state index in [0.29, 0.717) is 6.04 Å². The van der Waals surface area contributed by atoms with Gasteiger partial charge < -0.3 is 9.84 Å². The van der Waals surface area contributed by atoms with E-state index in [1.807, 2.05) is 23.6 Å². The molecular weight excluding hydrogens is 208 g/mol. The van der Waals surface area contributed by atoms with Crippen molar-refractivity contribution in [3.05, 3.63) is 29.3 Å². The van der Waals surface area contributed by atoms with Gasteiger partial charge in [-0.3, -0.25) is 0 Å². The Morgan fingerprint density at radius 2 is 2.40 bits per heavy atom. The molecule has 0 spiro atoms. The molecule has 4 heteroatoms. The highest BCUT2D eigenvalue weighted by molar-refractivity contribution is 7.13. The molecule has 0 radical (unpaired) electrons. The smallest absolute Gasteiger partial charge is 0.177 e. The molecule has 0 saturated carbocycles. The van der Waals surface area contributed by atoms with Gasteiger partial charge in [0.2, 0.25) is 0 Å². The van der Waals surface area contributed by atoms with Crippen LogP contribution in [0.1, 0.15) is 19.5 Å². The minimum absolute atomic E-state index is 0.465. The van der Waals surface area contributed by atoms with E-state index in [1.165, 1.54) is 0 Å². The summed E-state index contributed by atoms with van der Waals surface area (Å²) in [5.74, 6) is 0.852. The van der Waals surface area contributed by atoms with E-state index in [-0.39, 0.29) is 0 Å². The topological polar surface area (TPSA) is 38.1 Å². The molecule has 0 bridgehead atoms. The average molecular weight is 222 g/mol. The van der Waals surface area contributed by atoms with Crippen molar-refractivity contribution in [2.24, 2.45) is 0 Å². The van der Waals surface area contributed by atoms with Gasteiger partial charge in [-0.25, -0.2) is 0 Å². The zero-order chi connectivity index (χ0) is 10.7. The van der Waals surface area contributed by atoms with Crippen LogP contribution < -0.4 is 5.32 Å². The Bertz CT molecular complexity index is 406. The second kappa shape index (κ2) is 4.59. The van der Waals surface area contributed by atoms with Crippen molar-refractivity contribution < 1.29 is 4.52 Å². The van der Waals surface area contributed by atoms with E-state index < -0.39 is 0 Å². The summed E-state index contributed by atoms with van der Waals surface area (Å²) in [5, 5.41) is 9.35. The molecular formula is C11H14N2OS. The van der Waals surface area contributed by atoms with Crippen LogP contribution in [0.25, 0.3) is 10.6 Å². The molecule has 2 heterocycles. The summed E-state index contributed by atoms with van der Waals surface area (Å²) in [6.45, 7) is 4.98. The molecule has 0 aliphatic carbocycles. The summed E-state index contributed by atoms with van der Waals surface area (Å²) in [5.41, 5.74) is 0.951. The lowest BCUT2D eigenvalue weighted by molar-refractivity contribution is 0.418. The highest BCUT2D eigenvalue weighted by Gasteiger charge is 2.07. The lowest BCUT2D eigenvalue weighted by Crippen LogP contribution is -2.21. The van der Waals surface area contributed by atoms with Crippen LogP contribution in [0.4, 0.5) is 0 Å². The first-order chi connectivity index (χ1) is 7.25. The summed E-state index contributed by atoms with van der Waals surface area (Å²) in [7, 11) is 0. The lowest BCUT2D eigenvalue weighted by Gasteiger charge is -2.03. The third kappa shape index (κ3) is 2.67. The minimum Gasteiger partial charge on any atom is -0.355 e. The van der Waals surface area contributed by atoms with Crippen LogP contribution in [0.5, 0.6) is 0 Å². The molecule has 0 aromatic carbocycles. The molecule has 0 saturated heterocycles. The van der Waals surface area contributed by atoms with Gasteiger partial charge in [0.25, 0.3) is 0 Å². The minimum atomic E-state index is 0.465. The largest absolute Gasteiger partial charge is 0.355 e. The van der Waals surface area contributed by atoms with Crippen molar-refractivity contribution in [1.29, 1.82) is 0 Å². The van der Waals surface area contributed by atoms with Gasteiger partial charge in [-0.15, -0.1) is 11.3 Å². The Labute approximate surface area is 93.1 Å². The Kier molecular flexibility index (Phi) is 3.18. The van der Waals surface area contributed by atoms with Gasteiger partial charge in [0.15, 0.2) is 5.76 Å². The quantitative estimate of drug-likeness (QED) is 0.864. The van der Waals surface area contributed by atoms with Gasteiger partial charge in [0, 0.05) is 18.7 Å². The van der Waals surface area contributed by atoms with Gasteiger partial charge in [0.1, 0.15) is 0 Å². The summed E-state index contributed by atoms with van der Waals surface area (Å²) in [6, 6.07) is 6.49. The number of nitrogens with one attached hydrogen (secondary N) is 1. The molecule has 0 aliphatic heterocycles. The SMILES string of the molecule is CC(C)NCc1cc(-c2cccs2)on1. The maximum Gasteiger partial charge on any atom is 0.177 e. The molecule has 0 aliphatic rings. The highest BCUT2D eigenvalue weighted by Crippen LogP contribution is 2.24. The molecule has 15 heavy (non-hydrogen) atoms. The maximum atomic E-state index is 5.26. The van der Waals surface area contributed by atoms with Gasteiger partial charge in [-0.05, 0) is 11.4 Å². The van der Waals surface area contributed by atoms with Crippen molar-refractivity contribution in [3.8, 4) is 10.6 Å². The highest BCUT2D eigenvalue weighted by atomic mass is 32.1. The molecule has 80 valence electrons. The van der Waals surface area contributed by atoms with E-state index in [9.17, 15) is 0 Å². The molecule has 0 amide bonds. The predicted octanol–water partition coefficient (Wildman–Crippen LogP) is 2.90. The van der Waals surface area contributed by atoms with Gasteiger partial charge in [-0.1, -0.05) is 25.1 Å². The molecule has 1 N–H and O–H groups in total. The lowest BCUT2D eigenvalue weighted by atomic mass is 10.3. The van der Waals surface area contributed by atoms with Crippen LogP contribution in [-0.4, -0.2) is 11.2 Å². The summed E-state index contributed by atoms with van der Waals surface area (Å²) < 4.78 is 5.26. The second-order valence-corrected chi connectivity index (χ2v) is 4.64. The molecule has 2 aromatic heterocycles. The first kappa shape index (κ1) is 10.4. The van der Waals surface area contributed by atoms with E-state index in [0.717, 1.165) is 22.9 Å². The van der Waals surface area contributed by atoms with E-state index >= 15 is 0 Å². The number of rotatable bonds is 4. The van der Waals surface area contributed by atoms with Crippen LogP contribution in [0, 0.1) is 0 Å². The predicted molar refractivity (Wildman–Crippen MR) is 61.8 cm³/mol.